The Bertz CT molecular complexity index is 329. The highest BCUT2D eigenvalue weighted by Gasteiger charge is 2.29. The van der Waals surface area contributed by atoms with Crippen molar-refractivity contribution in [3.8, 4) is 0 Å². The molecule has 2 unspecified atom stereocenters. The molecule has 0 amide bonds. The third kappa shape index (κ3) is 1.75. The summed E-state index contributed by atoms with van der Waals surface area (Å²) in [4.78, 5) is 4.10. The van der Waals surface area contributed by atoms with E-state index in [1.807, 2.05) is 7.05 Å². The largest absolute Gasteiger partial charge is 0.343 e. The van der Waals surface area contributed by atoms with E-state index in [-0.39, 0.29) is 6.10 Å². The average molecular weight is 237 g/mol. The van der Waals surface area contributed by atoms with Crippen LogP contribution in [-0.2, 0) is 16.5 Å². The topological polar surface area (TPSA) is 36.3 Å². The van der Waals surface area contributed by atoms with Gasteiger partial charge in [0.2, 0.25) is 6.29 Å². The molecule has 1 aromatic rings. The molecule has 0 N–H and O–H groups in total. The van der Waals surface area contributed by atoms with Gasteiger partial charge in [-0.15, -0.1) is 11.6 Å². The molecule has 0 aliphatic carbocycles. The van der Waals surface area contributed by atoms with Gasteiger partial charge in [0.15, 0.2) is 5.82 Å². The molecule has 14 heavy (non-hydrogen) atoms. The average Bonchev–Trinajstić information content (AvgIpc) is 2.75. The zero-order valence-electron chi connectivity index (χ0n) is 7.61. The van der Waals surface area contributed by atoms with Gasteiger partial charge < -0.3 is 14.0 Å². The highest BCUT2D eigenvalue weighted by Crippen LogP contribution is 2.27. The Balaban J connectivity index is 2.13. The molecule has 0 radical (unpaired) electrons. The standard InChI is InChI=1S/C8H10Cl2N2O2/c1-12-6(10)3-11-7(12)8-13-4-5(2-9)14-8/h3,5,8H,2,4H2,1H3. The van der Waals surface area contributed by atoms with Gasteiger partial charge in [0.25, 0.3) is 0 Å². The minimum absolute atomic E-state index is 0.0582. The van der Waals surface area contributed by atoms with Crippen molar-refractivity contribution in [2.45, 2.75) is 12.4 Å². The summed E-state index contributed by atoms with van der Waals surface area (Å²) in [6.45, 7) is 0.499. The first kappa shape index (κ1) is 10.2. The Morgan fingerprint density at radius 3 is 3.00 bits per heavy atom. The normalized spacial score (nSPS) is 27.1. The van der Waals surface area contributed by atoms with Gasteiger partial charge in [-0.05, 0) is 0 Å². The van der Waals surface area contributed by atoms with Crippen LogP contribution in [0, 0.1) is 0 Å². The predicted molar refractivity (Wildman–Crippen MR) is 52.5 cm³/mol. The van der Waals surface area contributed by atoms with Gasteiger partial charge in [0.05, 0.1) is 24.8 Å². The predicted octanol–water partition coefficient (Wildman–Crippen LogP) is 1.73. The second-order valence-corrected chi connectivity index (χ2v) is 3.77. The van der Waals surface area contributed by atoms with Crippen LogP contribution in [0.1, 0.15) is 12.1 Å². The zero-order chi connectivity index (χ0) is 10.1. The Morgan fingerprint density at radius 2 is 2.50 bits per heavy atom. The number of nitrogens with zero attached hydrogens (tertiary/aromatic N) is 2. The van der Waals surface area contributed by atoms with Crippen molar-refractivity contribution in [3.05, 3.63) is 17.2 Å². The number of imidazole rings is 1. The Hall–Kier alpha value is -0.290. The Labute approximate surface area is 91.7 Å². The zero-order valence-corrected chi connectivity index (χ0v) is 9.12. The fraction of sp³-hybridized carbons (Fsp3) is 0.625. The SMILES string of the molecule is Cn1c(Cl)cnc1C1OCC(CCl)O1. The lowest BCUT2D eigenvalue weighted by Gasteiger charge is -2.09. The summed E-state index contributed by atoms with van der Waals surface area (Å²) in [6, 6.07) is 0. The van der Waals surface area contributed by atoms with Gasteiger partial charge in [0, 0.05) is 7.05 Å². The molecule has 78 valence electrons. The maximum Gasteiger partial charge on any atom is 0.217 e. The van der Waals surface area contributed by atoms with Gasteiger partial charge in [-0.2, -0.15) is 0 Å². The summed E-state index contributed by atoms with van der Waals surface area (Å²) >= 11 is 11.5. The van der Waals surface area contributed by atoms with Crippen LogP contribution in [0.5, 0.6) is 0 Å². The molecule has 2 rings (SSSR count). The summed E-state index contributed by atoms with van der Waals surface area (Å²) in [5.74, 6) is 1.09. The monoisotopic (exact) mass is 236 g/mol. The minimum atomic E-state index is -0.448. The van der Waals surface area contributed by atoms with Crippen LogP contribution in [0.15, 0.2) is 6.20 Å². The lowest BCUT2D eigenvalue weighted by atomic mass is 10.4. The molecule has 1 aromatic heterocycles. The van der Waals surface area contributed by atoms with Crippen molar-refractivity contribution < 1.29 is 9.47 Å². The third-order valence-corrected chi connectivity index (χ3v) is 2.80. The van der Waals surface area contributed by atoms with Crippen molar-refractivity contribution in [1.82, 2.24) is 9.55 Å². The number of alkyl halides is 1. The Morgan fingerprint density at radius 1 is 1.71 bits per heavy atom. The fourth-order valence-electron chi connectivity index (χ4n) is 1.29. The van der Waals surface area contributed by atoms with Crippen LogP contribution in [-0.4, -0.2) is 28.1 Å². The molecular weight excluding hydrogens is 227 g/mol. The molecule has 0 spiro atoms. The number of rotatable bonds is 2. The molecule has 4 nitrogen and oxygen atoms in total. The second kappa shape index (κ2) is 4.06. The number of halogens is 2. The van der Waals surface area contributed by atoms with Crippen molar-refractivity contribution in [3.63, 3.8) is 0 Å². The molecule has 2 atom stereocenters. The van der Waals surface area contributed by atoms with Gasteiger partial charge in [0.1, 0.15) is 5.15 Å². The lowest BCUT2D eigenvalue weighted by molar-refractivity contribution is -0.0645. The summed E-state index contributed by atoms with van der Waals surface area (Å²) in [5.41, 5.74) is 0. The van der Waals surface area contributed by atoms with E-state index in [2.05, 4.69) is 4.98 Å². The number of ether oxygens (including phenoxy) is 2. The summed E-state index contributed by atoms with van der Waals surface area (Å²) in [7, 11) is 1.81. The van der Waals surface area contributed by atoms with Crippen molar-refractivity contribution in [2.75, 3.05) is 12.5 Å². The molecule has 1 aliphatic heterocycles. The number of hydrogen-bond donors (Lipinski definition) is 0. The summed E-state index contributed by atoms with van der Waals surface area (Å²) < 4.78 is 12.6. The van der Waals surface area contributed by atoms with Crippen LogP contribution in [0.25, 0.3) is 0 Å². The molecular formula is C8H10Cl2N2O2. The molecule has 0 aromatic carbocycles. The first-order valence-corrected chi connectivity index (χ1v) is 5.13. The first-order valence-electron chi connectivity index (χ1n) is 4.22. The van der Waals surface area contributed by atoms with Gasteiger partial charge >= 0.3 is 0 Å². The van der Waals surface area contributed by atoms with Crippen LogP contribution >= 0.6 is 23.2 Å². The third-order valence-electron chi connectivity index (χ3n) is 2.10. The van der Waals surface area contributed by atoms with Crippen LogP contribution in [0.3, 0.4) is 0 Å². The second-order valence-electron chi connectivity index (χ2n) is 3.08. The van der Waals surface area contributed by atoms with E-state index in [1.54, 1.807) is 10.8 Å². The quantitative estimate of drug-likeness (QED) is 0.735. The molecule has 0 bridgehead atoms. The maximum absolute atomic E-state index is 5.84. The molecule has 0 saturated carbocycles. The van der Waals surface area contributed by atoms with Gasteiger partial charge in [-0.25, -0.2) is 4.98 Å². The Kier molecular flexibility index (Phi) is 2.97. The van der Waals surface area contributed by atoms with Crippen molar-refractivity contribution >= 4 is 23.2 Å². The van der Waals surface area contributed by atoms with Crippen LogP contribution in [0.4, 0.5) is 0 Å². The molecule has 1 fully saturated rings. The highest BCUT2D eigenvalue weighted by molar-refractivity contribution is 6.29. The maximum atomic E-state index is 5.84. The fourth-order valence-corrected chi connectivity index (χ4v) is 1.58. The summed E-state index contributed by atoms with van der Waals surface area (Å²) in [6.07, 6.45) is 1.06. The van der Waals surface area contributed by atoms with Crippen molar-refractivity contribution in [1.29, 1.82) is 0 Å². The van der Waals surface area contributed by atoms with E-state index in [0.717, 1.165) is 0 Å². The molecule has 1 aliphatic rings. The van der Waals surface area contributed by atoms with Gasteiger partial charge in [-0.3, -0.25) is 0 Å². The van der Waals surface area contributed by atoms with E-state index >= 15 is 0 Å². The first-order chi connectivity index (χ1) is 6.72. The van der Waals surface area contributed by atoms with E-state index in [9.17, 15) is 0 Å². The lowest BCUT2D eigenvalue weighted by Crippen LogP contribution is -2.12. The van der Waals surface area contributed by atoms with E-state index in [0.29, 0.717) is 23.5 Å². The van der Waals surface area contributed by atoms with E-state index in [4.69, 9.17) is 32.7 Å². The highest BCUT2D eigenvalue weighted by atomic mass is 35.5. The molecule has 6 heteroatoms. The van der Waals surface area contributed by atoms with Gasteiger partial charge in [-0.1, -0.05) is 11.6 Å². The van der Waals surface area contributed by atoms with E-state index in [1.165, 1.54) is 0 Å². The van der Waals surface area contributed by atoms with Crippen LogP contribution < -0.4 is 0 Å². The van der Waals surface area contributed by atoms with E-state index < -0.39 is 6.29 Å². The molecule has 2 heterocycles. The van der Waals surface area contributed by atoms with Crippen molar-refractivity contribution in [2.24, 2.45) is 7.05 Å². The smallest absolute Gasteiger partial charge is 0.217 e. The summed E-state index contributed by atoms with van der Waals surface area (Å²) in [5, 5.41) is 0.557. The minimum Gasteiger partial charge on any atom is -0.343 e. The number of hydrogen-bond acceptors (Lipinski definition) is 3. The van der Waals surface area contributed by atoms with Crippen LogP contribution in [0.2, 0.25) is 5.15 Å². The number of aromatic nitrogens is 2. The molecule has 1 saturated heterocycles.